The van der Waals surface area contributed by atoms with Crippen molar-refractivity contribution >= 4 is 6.08 Å². The van der Waals surface area contributed by atoms with E-state index in [2.05, 4.69) is 62.4 Å². The van der Waals surface area contributed by atoms with Gasteiger partial charge in [0.05, 0.1) is 0 Å². The van der Waals surface area contributed by atoms with Crippen molar-refractivity contribution in [3.63, 3.8) is 0 Å². The van der Waals surface area contributed by atoms with Crippen molar-refractivity contribution in [2.45, 2.75) is 62.0 Å². The number of hydrogen-bond acceptors (Lipinski definition) is 0. The summed E-state index contributed by atoms with van der Waals surface area (Å²) in [7, 11) is 0. The molecule has 2 aliphatic carbocycles. The minimum absolute atomic E-state index is 0.814. The van der Waals surface area contributed by atoms with Gasteiger partial charge in [-0.1, -0.05) is 0 Å². The maximum absolute atomic E-state index is 2.56. The second-order valence-electron chi connectivity index (χ2n) is 8.43. The molecule has 1 fully saturated rings. The molecule has 25 heavy (non-hydrogen) atoms. The van der Waals surface area contributed by atoms with Crippen LogP contribution in [-0.2, 0) is 26.7 Å². The predicted octanol–water partition coefficient (Wildman–Crippen LogP) is 7.55. The van der Waals surface area contributed by atoms with Crippen LogP contribution in [0.5, 0.6) is 0 Å². The summed E-state index contributed by atoms with van der Waals surface area (Å²) in [6, 6.07) is 9.06. The van der Waals surface area contributed by atoms with E-state index in [0.29, 0.717) is 0 Å². The van der Waals surface area contributed by atoms with Crippen molar-refractivity contribution in [1.82, 2.24) is 0 Å². The Balaban J connectivity index is 1.64. The Labute approximate surface area is 158 Å². The summed E-state index contributed by atoms with van der Waals surface area (Å²) in [6.07, 6.45) is 16.4. The van der Waals surface area contributed by atoms with Crippen LogP contribution in [0.4, 0.5) is 0 Å². The van der Waals surface area contributed by atoms with Crippen molar-refractivity contribution in [1.29, 1.82) is 0 Å². The van der Waals surface area contributed by atoms with Crippen molar-refractivity contribution in [3.8, 4) is 0 Å². The van der Waals surface area contributed by atoms with E-state index in [1.165, 1.54) is 37.7 Å². The Morgan fingerprint density at radius 2 is 1.92 bits per heavy atom. The molecule has 2 atom stereocenters. The Morgan fingerprint density at radius 1 is 1.08 bits per heavy atom. The molecule has 132 valence electrons. The van der Waals surface area contributed by atoms with Crippen molar-refractivity contribution in [2.24, 2.45) is 5.92 Å². The van der Waals surface area contributed by atoms with Gasteiger partial charge in [-0.2, -0.15) is 0 Å². The van der Waals surface area contributed by atoms with E-state index >= 15 is 0 Å². The fraction of sp³-hybridized carbons (Fsp3) is 0.500. The van der Waals surface area contributed by atoms with E-state index in [0.717, 1.165) is 9.54 Å². The first kappa shape index (κ1) is 17.7. The summed E-state index contributed by atoms with van der Waals surface area (Å²) in [6.45, 7) is 4.83. The zero-order valence-corrected chi connectivity index (χ0v) is 18.4. The van der Waals surface area contributed by atoms with Gasteiger partial charge in [-0.3, -0.25) is 0 Å². The summed E-state index contributed by atoms with van der Waals surface area (Å²) in [5.74, 6) is 0.814. The average Bonchev–Trinajstić information content (AvgIpc) is 3.05. The van der Waals surface area contributed by atoms with E-state index in [4.69, 9.17) is 0 Å². The monoisotopic (exact) mass is 410 g/mol. The van der Waals surface area contributed by atoms with Crippen LogP contribution in [0.15, 0.2) is 53.6 Å². The van der Waals surface area contributed by atoms with Gasteiger partial charge >= 0.3 is 159 Å². The molecular weight excluding hydrogens is 379 g/mol. The number of hydrogen-bond donors (Lipinski definition) is 0. The van der Waals surface area contributed by atoms with Gasteiger partial charge in [0.25, 0.3) is 0 Å². The molecule has 1 aromatic carbocycles. The predicted molar refractivity (Wildman–Crippen MR) is 107 cm³/mol. The van der Waals surface area contributed by atoms with Crippen LogP contribution in [0.25, 0.3) is 6.08 Å². The van der Waals surface area contributed by atoms with Gasteiger partial charge in [0.15, 0.2) is 0 Å². The fourth-order valence-corrected chi connectivity index (χ4v) is 22.7. The molecule has 4 rings (SSSR count). The van der Waals surface area contributed by atoms with Gasteiger partial charge < -0.3 is 0 Å². The molecule has 1 heteroatoms. The van der Waals surface area contributed by atoms with E-state index in [9.17, 15) is 0 Å². The summed E-state index contributed by atoms with van der Waals surface area (Å²) < 4.78 is 5.94. The van der Waals surface area contributed by atoms with Crippen LogP contribution < -0.4 is 0 Å². The quantitative estimate of drug-likeness (QED) is 0.414. The molecule has 0 bridgehead atoms. The summed E-state index contributed by atoms with van der Waals surface area (Å²) in [5.41, 5.74) is 6.61. The molecule has 0 saturated carbocycles. The molecule has 0 amide bonds. The van der Waals surface area contributed by atoms with Gasteiger partial charge in [0.1, 0.15) is 0 Å². The van der Waals surface area contributed by atoms with Crippen LogP contribution in [0.3, 0.4) is 0 Å². The van der Waals surface area contributed by atoms with E-state index in [1.54, 1.807) is 23.5 Å². The summed E-state index contributed by atoms with van der Waals surface area (Å²) in [4.78, 5) is 0. The van der Waals surface area contributed by atoms with Gasteiger partial charge in [0.2, 0.25) is 0 Å². The molecule has 0 aromatic heterocycles. The normalized spacial score (nSPS) is 22.3. The minimum atomic E-state index is -1.93. The topological polar surface area (TPSA) is 0 Å². The molecule has 0 N–H and O–H groups in total. The zero-order valence-electron chi connectivity index (χ0n) is 15.9. The van der Waals surface area contributed by atoms with Crippen LogP contribution in [0.1, 0.15) is 50.7 Å². The maximum atomic E-state index is 2.56. The third-order valence-electron chi connectivity index (χ3n) is 6.89. The Morgan fingerprint density at radius 3 is 2.56 bits per heavy atom. The number of rotatable bonds is 8. The first-order valence-electron chi connectivity index (χ1n) is 10.4. The summed E-state index contributed by atoms with van der Waals surface area (Å²) in [5, 5.41) is 0. The molecular formula is C24H32Zr. The summed E-state index contributed by atoms with van der Waals surface area (Å²) >= 11 is -1.93. The Kier molecular flexibility index (Phi) is 5.33. The van der Waals surface area contributed by atoms with Crippen LogP contribution >= 0.6 is 0 Å². The first-order chi connectivity index (χ1) is 12.3. The van der Waals surface area contributed by atoms with Gasteiger partial charge in [-0.05, 0) is 0 Å². The second-order valence-corrected chi connectivity index (χ2v) is 20.3. The van der Waals surface area contributed by atoms with E-state index in [1.807, 2.05) is 5.57 Å². The molecule has 1 saturated heterocycles. The Hall–Kier alpha value is -0.677. The van der Waals surface area contributed by atoms with Gasteiger partial charge in [-0.25, -0.2) is 0 Å². The number of unbranched alkanes of at least 4 members (excludes halogenated alkanes) is 1. The molecule has 3 aliphatic rings. The molecule has 2 unspecified atom stereocenters. The number of allylic oxidation sites excluding steroid dienone is 5. The molecule has 1 heterocycles. The third kappa shape index (κ3) is 3.46. The van der Waals surface area contributed by atoms with E-state index in [-0.39, 0.29) is 0 Å². The van der Waals surface area contributed by atoms with Crippen molar-refractivity contribution < 1.29 is 20.3 Å². The first-order valence-corrected chi connectivity index (χ1v) is 17.0. The number of fused-ring (bicyclic) bond motifs is 1. The van der Waals surface area contributed by atoms with Crippen molar-refractivity contribution in [2.75, 3.05) is 0 Å². The Bertz CT molecular complexity index is 717. The third-order valence-corrected chi connectivity index (χ3v) is 19.7. The van der Waals surface area contributed by atoms with E-state index < -0.39 is 20.3 Å². The van der Waals surface area contributed by atoms with Gasteiger partial charge in [0, 0.05) is 0 Å². The van der Waals surface area contributed by atoms with Crippen LogP contribution in [0.2, 0.25) is 16.0 Å². The molecule has 0 radical (unpaired) electrons. The SMILES string of the molecule is CCC[CH2][Zr]1([CH](C2=CC=CC2)C(CC)C2=Cc3ccccc3C2)[CH2][CH2]1. The zero-order chi connectivity index (χ0) is 17.3. The molecule has 0 spiro atoms. The van der Waals surface area contributed by atoms with Crippen LogP contribution in [-0.4, -0.2) is 0 Å². The second kappa shape index (κ2) is 7.52. The molecule has 1 aromatic rings. The molecule has 1 aliphatic heterocycles. The van der Waals surface area contributed by atoms with Crippen molar-refractivity contribution in [3.05, 3.63) is 64.8 Å². The number of benzene rings is 1. The van der Waals surface area contributed by atoms with Crippen LogP contribution in [0, 0.1) is 5.92 Å². The van der Waals surface area contributed by atoms with Gasteiger partial charge in [-0.15, -0.1) is 0 Å². The molecule has 0 nitrogen and oxygen atoms in total. The average molecular weight is 412 g/mol. The standard InChI is InChI=1S/C18H19.C4H9.C2H4.Zr/c1-2-15(11-14-7-3-4-8-14)18-12-16-9-5-6-10-17(16)13-18;1-3-4-2;1-2;/h3-7,9-12,15H,2,8,13H2,1H3;1,3-4H2,2H3;1-2H2;. The fourth-order valence-electron chi connectivity index (χ4n) is 5.44.